The van der Waals surface area contributed by atoms with E-state index in [1.807, 2.05) is 6.92 Å². The van der Waals surface area contributed by atoms with E-state index in [0.29, 0.717) is 24.6 Å². The summed E-state index contributed by atoms with van der Waals surface area (Å²) >= 11 is 0. The van der Waals surface area contributed by atoms with Gasteiger partial charge in [0, 0.05) is 23.6 Å². The van der Waals surface area contributed by atoms with Crippen LogP contribution >= 0.6 is 0 Å². The zero-order valence-corrected chi connectivity index (χ0v) is 10.5. The van der Waals surface area contributed by atoms with Gasteiger partial charge in [0.05, 0.1) is 6.42 Å². The van der Waals surface area contributed by atoms with E-state index in [0.717, 1.165) is 17.8 Å². The van der Waals surface area contributed by atoms with E-state index >= 15 is 0 Å². The number of nitrogens with zero attached hydrogens (tertiary/aromatic N) is 2. The lowest BCUT2D eigenvalue weighted by atomic mass is 10.1. The van der Waals surface area contributed by atoms with E-state index in [1.54, 1.807) is 13.8 Å². The summed E-state index contributed by atoms with van der Waals surface area (Å²) in [5, 5.41) is 8.78. The summed E-state index contributed by atoms with van der Waals surface area (Å²) in [5.41, 5.74) is 2.13. The van der Waals surface area contributed by atoms with E-state index < -0.39 is 5.97 Å². The van der Waals surface area contributed by atoms with Gasteiger partial charge >= 0.3 is 5.97 Å². The van der Waals surface area contributed by atoms with Gasteiger partial charge in [-0.3, -0.25) is 4.79 Å². The van der Waals surface area contributed by atoms with Crippen LogP contribution in [-0.4, -0.2) is 27.7 Å². The normalized spacial score (nSPS) is 10.5. The third kappa shape index (κ3) is 4.11. The second-order valence-electron chi connectivity index (χ2n) is 3.91. The topological polar surface area (TPSA) is 72.3 Å². The van der Waals surface area contributed by atoms with Crippen molar-refractivity contribution in [2.24, 2.45) is 0 Å². The van der Waals surface area contributed by atoms with E-state index in [-0.39, 0.29) is 6.42 Å². The van der Waals surface area contributed by atoms with Crippen molar-refractivity contribution in [1.82, 2.24) is 9.97 Å². The van der Waals surface area contributed by atoms with Crippen LogP contribution in [0.1, 0.15) is 36.1 Å². The molecule has 0 aliphatic rings. The van der Waals surface area contributed by atoms with Crippen LogP contribution in [-0.2, 0) is 22.6 Å². The average molecular weight is 238 g/mol. The van der Waals surface area contributed by atoms with Crippen molar-refractivity contribution in [3.05, 3.63) is 22.8 Å². The number of hydrogen-bond acceptors (Lipinski definition) is 4. The monoisotopic (exact) mass is 238 g/mol. The summed E-state index contributed by atoms with van der Waals surface area (Å²) in [5.74, 6) is -0.252. The Morgan fingerprint density at radius 3 is 2.35 bits per heavy atom. The summed E-state index contributed by atoms with van der Waals surface area (Å²) in [7, 11) is 0. The number of rotatable bonds is 6. The van der Waals surface area contributed by atoms with Crippen LogP contribution in [0.4, 0.5) is 0 Å². The van der Waals surface area contributed by atoms with Crippen LogP contribution in [0.3, 0.4) is 0 Å². The largest absolute Gasteiger partial charge is 0.481 e. The molecule has 5 nitrogen and oxygen atoms in total. The predicted molar refractivity (Wildman–Crippen MR) is 62.8 cm³/mol. The van der Waals surface area contributed by atoms with E-state index in [1.165, 1.54) is 0 Å². The maximum atomic E-state index is 10.7. The molecule has 0 saturated heterocycles. The number of hydrogen-bond donors (Lipinski definition) is 1. The molecule has 0 spiro atoms. The summed E-state index contributed by atoms with van der Waals surface area (Å²) in [6.45, 7) is 6.70. The van der Waals surface area contributed by atoms with Crippen LogP contribution < -0.4 is 0 Å². The number of carboxylic acids is 1. The van der Waals surface area contributed by atoms with Gasteiger partial charge in [-0.2, -0.15) is 0 Å². The van der Waals surface area contributed by atoms with Crippen LogP contribution in [0.2, 0.25) is 0 Å². The van der Waals surface area contributed by atoms with Crippen molar-refractivity contribution in [2.75, 3.05) is 6.61 Å². The van der Waals surface area contributed by atoms with E-state index in [4.69, 9.17) is 9.84 Å². The molecule has 1 aromatic rings. The number of aliphatic carboxylic acids is 1. The van der Waals surface area contributed by atoms with Crippen LogP contribution in [0.15, 0.2) is 0 Å². The van der Waals surface area contributed by atoms with Gasteiger partial charge < -0.3 is 9.84 Å². The van der Waals surface area contributed by atoms with Crippen molar-refractivity contribution in [1.29, 1.82) is 0 Å². The number of ether oxygens (including phenoxy) is 1. The highest BCUT2D eigenvalue weighted by atomic mass is 16.5. The van der Waals surface area contributed by atoms with Crippen molar-refractivity contribution in [2.45, 2.75) is 40.2 Å². The summed E-state index contributed by atoms with van der Waals surface area (Å²) in [6, 6.07) is 0. The van der Waals surface area contributed by atoms with Gasteiger partial charge in [0.1, 0.15) is 6.61 Å². The maximum Gasteiger partial charge on any atom is 0.307 e. The molecule has 0 atom stereocenters. The Morgan fingerprint density at radius 2 is 1.88 bits per heavy atom. The number of carbonyl (C=O) groups is 1. The molecule has 0 fully saturated rings. The van der Waals surface area contributed by atoms with Crippen molar-refractivity contribution < 1.29 is 14.6 Å². The first kappa shape index (κ1) is 13.6. The quantitative estimate of drug-likeness (QED) is 0.763. The van der Waals surface area contributed by atoms with Crippen molar-refractivity contribution in [3.63, 3.8) is 0 Å². The molecule has 1 N–H and O–H groups in total. The average Bonchev–Trinajstić information content (AvgIpc) is 2.24. The third-order valence-electron chi connectivity index (χ3n) is 2.37. The van der Waals surface area contributed by atoms with Gasteiger partial charge in [-0.25, -0.2) is 9.97 Å². The van der Waals surface area contributed by atoms with E-state index in [2.05, 4.69) is 9.97 Å². The fourth-order valence-corrected chi connectivity index (χ4v) is 1.59. The molecular weight excluding hydrogens is 220 g/mol. The minimum Gasteiger partial charge on any atom is -0.481 e. The standard InChI is InChI=1S/C12H18N2O3/c1-4-5-17-7-11-13-8(2)10(6-12(15)16)9(3)14-11/h4-7H2,1-3H3,(H,15,16). The Balaban J connectivity index is 2.81. The zero-order chi connectivity index (χ0) is 12.8. The van der Waals surface area contributed by atoms with Gasteiger partial charge in [0.25, 0.3) is 0 Å². The summed E-state index contributed by atoms with van der Waals surface area (Å²) in [4.78, 5) is 19.2. The lowest BCUT2D eigenvalue weighted by Crippen LogP contribution is -2.10. The molecule has 1 rings (SSSR count). The number of aryl methyl sites for hydroxylation is 2. The second-order valence-corrected chi connectivity index (χ2v) is 3.91. The minimum absolute atomic E-state index is 0.0340. The molecule has 0 saturated carbocycles. The fraction of sp³-hybridized carbons (Fsp3) is 0.583. The van der Waals surface area contributed by atoms with Gasteiger partial charge in [-0.05, 0) is 20.3 Å². The van der Waals surface area contributed by atoms with Gasteiger partial charge in [-0.15, -0.1) is 0 Å². The Kier molecular flexibility index (Phi) is 5.03. The third-order valence-corrected chi connectivity index (χ3v) is 2.37. The zero-order valence-electron chi connectivity index (χ0n) is 10.5. The molecule has 17 heavy (non-hydrogen) atoms. The van der Waals surface area contributed by atoms with Crippen LogP contribution in [0.5, 0.6) is 0 Å². The SMILES string of the molecule is CCCOCc1nc(C)c(CC(=O)O)c(C)n1. The molecule has 1 aromatic heterocycles. The van der Waals surface area contributed by atoms with Crippen LogP contribution in [0, 0.1) is 13.8 Å². The first-order valence-electron chi connectivity index (χ1n) is 5.67. The first-order chi connectivity index (χ1) is 8.04. The highest BCUT2D eigenvalue weighted by Gasteiger charge is 2.11. The van der Waals surface area contributed by atoms with Crippen molar-refractivity contribution >= 4 is 5.97 Å². The Labute approximate surface area is 101 Å². The molecule has 0 aliphatic heterocycles. The molecule has 0 unspecified atom stereocenters. The molecular formula is C12H18N2O3. The van der Waals surface area contributed by atoms with Crippen molar-refractivity contribution in [3.8, 4) is 0 Å². The Bertz CT molecular complexity index is 382. The van der Waals surface area contributed by atoms with Gasteiger partial charge in [0.15, 0.2) is 5.82 Å². The Morgan fingerprint density at radius 1 is 1.29 bits per heavy atom. The molecule has 0 aromatic carbocycles. The molecule has 94 valence electrons. The molecule has 5 heteroatoms. The lowest BCUT2D eigenvalue weighted by Gasteiger charge is -2.09. The summed E-state index contributed by atoms with van der Waals surface area (Å²) < 4.78 is 5.36. The van der Waals surface area contributed by atoms with Gasteiger partial charge in [-0.1, -0.05) is 6.92 Å². The second kappa shape index (κ2) is 6.30. The molecule has 0 aliphatic carbocycles. The minimum atomic E-state index is -0.866. The highest BCUT2D eigenvalue weighted by molar-refractivity contribution is 5.70. The number of carboxylic acid groups (broad SMARTS) is 1. The molecule has 0 radical (unpaired) electrons. The molecule has 1 heterocycles. The highest BCUT2D eigenvalue weighted by Crippen LogP contribution is 2.11. The van der Waals surface area contributed by atoms with E-state index in [9.17, 15) is 4.79 Å². The first-order valence-corrected chi connectivity index (χ1v) is 5.67. The fourth-order valence-electron chi connectivity index (χ4n) is 1.59. The molecule has 0 bridgehead atoms. The lowest BCUT2D eigenvalue weighted by molar-refractivity contribution is -0.136. The maximum absolute atomic E-state index is 10.7. The summed E-state index contributed by atoms with van der Waals surface area (Å²) in [6.07, 6.45) is 0.919. The van der Waals surface area contributed by atoms with Gasteiger partial charge in [0.2, 0.25) is 0 Å². The predicted octanol–water partition coefficient (Wildman–Crippen LogP) is 1.65. The smallest absolute Gasteiger partial charge is 0.307 e. The Hall–Kier alpha value is -1.49. The number of aromatic nitrogens is 2. The molecule has 0 amide bonds. The van der Waals surface area contributed by atoms with Crippen LogP contribution in [0.25, 0.3) is 0 Å².